The predicted octanol–water partition coefficient (Wildman–Crippen LogP) is 5.10. The molecule has 2 aliphatic rings. The summed E-state index contributed by atoms with van der Waals surface area (Å²) in [5, 5.41) is 0. The van der Waals surface area contributed by atoms with E-state index >= 15 is 0 Å². The molecule has 0 aromatic heterocycles. The zero-order chi connectivity index (χ0) is 15.4. The number of rotatable bonds is 8. The van der Waals surface area contributed by atoms with Crippen molar-refractivity contribution >= 4 is 0 Å². The van der Waals surface area contributed by atoms with Crippen molar-refractivity contribution in [3.05, 3.63) is 23.8 Å². The maximum absolute atomic E-state index is 14.0. The van der Waals surface area contributed by atoms with Crippen LogP contribution >= 0.6 is 0 Å². The normalized spacial score (nSPS) is 18.6. The summed E-state index contributed by atoms with van der Waals surface area (Å²) in [6.07, 6.45) is 9.31. The molecule has 0 heterocycles. The third-order valence-electron chi connectivity index (χ3n) is 4.75. The summed E-state index contributed by atoms with van der Waals surface area (Å²) in [5.74, 6) is -0.500. The van der Waals surface area contributed by atoms with Crippen molar-refractivity contribution in [3.8, 4) is 11.5 Å². The molecule has 22 heavy (non-hydrogen) atoms. The van der Waals surface area contributed by atoms with Crippen LogP contribution < -0.4 is 9.47 Å². The lowest BCUT2D eigenvalue weighted by Gasteiger charge is -2.13. The Bertz CT molecular complexity index is 494. The van der Waals surface area contributed by atoms with Gasteiger partial charge < -0.3 is 9.47 Å². The summed E-state index contributed by atoms with van der Waals surface area (Å²) in [5.41, 5.74) is 0. The molecule has 0 atom stereocenters. The molecule has 2 fully saturated rings. The molecule has 1 aromatic rings. The second kappa shape index (κ2) is 7.30. The van der Waals surface area contributed by atoms with Crippen molar-refractivity contribution in [3.63, 3.8) is 0 Å². The van der Waals surface area contributed by atoms with Crippen LogP contribution in [0.4, 0.5) is 8.78 Å². The first-order valence-corrected chi connectivity index (χ1v) is 8.47. The largest absolute Gasteiger partial charge is 0.490 e. The molecule has 0 bridgehead atoms. The van der Waals surface area contributed by atoms with Crippen LogP contribution in [-0.4, -0.2) is 13.2 Å². The third-order valence-corrected chi connectivity index (χ3v) is 4.75. The molecule has 0 N–H and O–H groups in total. The highest BCUT2D eigenvalue weighted by Crippen LogP contribution is 2.33. The fourth-order valence-corrected chi connectivity index (χ4v) is 3.11. The van der Waals surface area contributed by atoms with Crippen molar-refractivity contribution in [1.29, 1.82) is 0 Å². The molecule has 2 nitrogen and oxygen atoms in total. The third kappa shape index (κ3) is 4.11. The van der Waals surface area contributed by atoms with Crippen LogP contribution in [0.1, 0.15) is 51.4 Å². The minimum atomic E-state index is -0.936. The topological polar surface area (TPSA) is 18.5 Å². The highest BCUT2D eigenvalue weighted by atomic mass is 19.2. The summed E-state index contributed by atoms with van der Waals surface area (Å²) in [6, 6.07) is 2.94. The summed E-state index contributed by atoms with van der Waals surface area (Å²) >= 11 is 0. The highest BCUT2D eigenvalue weighted by molar-refractivity contribution is 5.35. The van der Waals surface area contributed by atoms with Crippen LogP contribution in [0.2, 0.25) is 0 Å². The molecule has 3 rings (SSSR count). The number of ether oxygens (including phenoxy) is 2. The van der Waals surface area contributed by atoms with Gasteiger partial charge in [-0.05, 0) is 36.8 Å². The second-order valence-corrected chi connectivity index (χ2v) is 6.56. The van der Waals surface area contributed by atoms with Gasteiger partial charge in [0, 0.05) is 0 Å². The molecule has 4 heteroatoms. The molecule has 0 aliphatic heterocycles. The first-order chi connectivity index (χ1) is 10.7. The van der Waals surface area contributed by atoms with Gasteiger partial charge in [-0.1, -0.05) is 38.5 Å². The van der Waals surface area contributed by atoms with Gasteiger partial charge in [-0.2, -0.15) is 8.78 Å². The van der Waals surface area contributed by atoms with E-state index < -0.39 is 11.6 Å². The quantitative estimate of drug-likeness (QED) is 0.665. The lowest BCUT2D eigenvalue weighted by Crippen LogP contribution is -2.07. The molecule has 0 saturated heterocycles. The minimum absolute atomic E-state index is 0.00922. The van der Waals surface area contributed by atoms with Gasteiger partial charge in [0.2, 0.25) is 11.6 Å². The van der Waals surface area contributed by atoms with E-state index in [4.69, 9.17) is 9.47 Å². The zero-order valence-corrected chi connectivity index (χ0v) is 13.0. The Hall–Kier alpha value is -1.32. The summed E-state index contributed by atoms with van der Waals surface area (Å²) in [4.78, 5) is 0. The van der Waals surface area contributed by atoms with Crippen molar-refractivity contribution in [1.82, 2.24) is 0 Å². The Morgan fingerprint density at radius 1 is 0.773 bits per heavy atom. The Balaban J connectivity index is 1.49. The van der Waals surface area contributed by atoms with Crippen LogP contribution in [0.25, 0.3) is 0 Å². The minimum Gasteiger partial charge on any atom is -0.490 e. The van der Waals surface area contributed by atoms with Crippen molar-refractivity contribution < 1.29 is 18.3 Å². The van der Waals surface area contributed by atoms with Crippen LogP contribution in [0.5, 0.6) is 11.5 Å². The van der Waals surface area contributed by atoms with Gasteiger partial charge in [-0.15, -0.1) is 0 Å². The van der Waals surface area contributed by atoms with E-state index in [-0.39, 0.29) is 11.5 Å². The SMILES string of the molecule is Fc1c(OCCC2CCCC2)ccc(OCCC2CC2)c1F. The van der Waals surface area contributed by atoms with E-state index in [1.807, 2.05) is 0 Å². The molecule has 2 aliphatic carbocycles. The fraction of sp³-hybridized carbons (Fsp3) is 0.667. The van der Waals surface area contributed by atoms with Gasteiger partial charge in [0.15, 0.2) is 11.5 Å². The smallest absolute Gasteiger partial charge is 0.204 e. The van der Waals surface area contributed by atoms with Crippen molar-refractivity contribution in [2.24, 2.45) is 11.8 Å². The van der Waals surface area contributed by atoms with Crippen LogP contribution in [0.3, 0.4) is 0 Å². The van der Waals surface area contributed by atoms with Gasteiger partial charge in [0.25, 0.3) is 0 Å². The molecule has 0 radical (unpaired) electrons. The van der Waals surface area contributed by atoms with Gasteiger partial charge >= 0.3 is 0 Å². The van der Waals surface area contributed by atoms with Gasteiger partial charge in [-0.3, -0.25) is 0 Å². The first kappa shape index (κ1) is 15.6. The van der Waals surface area contributed by atoms with Gasteiger partial charge in [-0.25, -0.2) is 0 Å². The number of hydrogen-bond donors (Lipinski definition) is 0. The standard InChI is InChI=1S/C18H24F2O2/c19-17-15(21-11-9-13-3-1-2-4-13)7-8-16(18(17)20)22-12-10-14-5-6-14/h7-8,13-14H,1-6,9-12H2. The molecular formula is C18H24F2O2. The van der Waals surface area contributed by atoms with E-state index in [9.17, 15) is 8.78 Å². The summed E-state index contributed by atoms with van der Waals surface area (Å²) in [7, 11) is 0. The monoisotopic (exact) mass is 310 g/mol. The Labute approximate surface area is 130 Å². The van der Waals surface area contributed by atoms with Gasteiger partial charge in [0.05, 0.1) is 13.2 Å². The van der Waals surface area contributed by atoms with E-state index in [1.165, 1.54) is 50.7 Å². The Kier molecular flexibility index (Phi) is 5.16. The Morgan fingerprint density at radius 2 is 1.23 bits per heavy atom. The lowest BCUT2D eigenvalue weighted by molar-refractivity contribution is 0.254. The molecule has 1 aromatic carbocycles. The summed E-state index contributed by atoms with van der Waals surface area (Å²) < 4.78 is 38.7. The molecule has 0 spiro atoms. The average molecular weight is 310 g/mol. The zero-order valence-electron chi connectivity index (χ0n) is 13.0. The van der Waals surface area contributed by atoms with Crippen LogP contribution in [0.15, 0.2) is 12.1 Å². The van der Waals surface area contributed by atoms with Gasteiger partial charge in [0.1, 0.15) is 0 Å². The predicted molar refractivity (Wildman–Crippen MR) is 81.3 cm³/mol. The number of benzene rings is 1. The summed E-state index contributed by atoms with van der Waals surface area (Å²) in [6.45, 7) is 0.895. The average Bonchev–Trinajstić information content (AvgIpc) is 3.19. The molecule has 0 unspecified atom stereocenters. The molecule has 2 saturated carbocycles. The molecule has 0 amide bonds. The molecule has 122 valence electrons. The van der Waals surface area contributed by atoms with E-state index in [0.29, 0.717) is 25.0 Å². The highest BCUT2D eigenvalue weighted by Gasteiger charge is 2.22. The van der Waals surface area contributed by atoms with Crippen LogP contribution in [0, 0.1) is 23.5 Å². The fourth-order valence-electron chi connectivity index (χ4n) is 3.11. The maximum atomic E-state index is 14.0. The van der Waals surface area contributed by atoms with Crippen molar-refractivity contribution in [2.75, 3.05) is 13.2 Å². The van der Waals surface area contributed by atoms with Crippen LogP contribution in [-0.2, 0) is 0 Å². The first-order valence-electron chi connectivity index (χ1n) is 8.47. The Morgan fingerprint density at radius 3 is 1.68 bits per heavy atom. The maximum Gasteiger partial charge on any atom is 0.204 e. The van der Waals surface area contributed by atoms with E-state index in [1.54, 1.807) is 0 Å². The van der Waals surface area contributed by atoms with E-state index in [2.05, 4.69) is 0 Å². The second-order valence-electron chi connectivity index (χ2n) is 6.56. The number of halogens is 2. The van der Waals surface area contributed by atoms with E-state index in [0.717, 1.165) is 12.8 Å². The number of hydrogen-bond acceptors (Lipinski definition) is 2. The molecular weight excluding hydrogens is 286 g/mol. The lowest BCUT2D eigenvalue weighted by atomic mass is 10.1. The van der Waals surface area contributed by atoms with Crippen molar-refractivity contribution in [2.45, 2.75) is 51.4 Å².